The first kappa shape index (κ1) is 11.5. The predicted octanol–water partition coefficient (Wildman–Crippen LogP) is 2.99. The molecule has 1 atom stereocenters. The van der Waals surface area contributed by atoms with E-state index in [-0.39, 0.29) is 0 Å². The van der Waals surface area contributed by atoms with Crippen LogP contribution >= 0.6 is 0 Å². The molecule has 1 aromatic carbocycles. The standard InChI is InChI=1S/C14H22N2/c1-3-16(4-2)14-7-5-6-11-8-9-12(15)10-13(11)14/h8-10,14H,3-7,15H2,1-2H3. The van der Waals surface area contributed by atoms with Gasteiger partial charge in [0.15, 0.2) is 0 Å². The fraction of sp³-hybridized carbons (Fsp3) is 0.571. The van der Waals surface area contributed by atoms with Crippen molar-refractivity contribution in [2.24, 2.45) is 0 Å². The molecule has 88 valence electrons. The van der Waals surface area contributed by atoms with Gasteiger partial charge in [-0.25, -0.2) is 0 Å². The summed E-state index contributed by atoms with van der Waals surface area (Å²) in [5.41, 5.74) is 9.77. The third-order valence-corrected chi connectivity index (χ3v) is 3.71. The van der Waals surface area contributed by atoms with E-state index in [9.17, 15) is 0 Å². The van der Waals surface area contributed by atoms with Gasteiger partial charge in [0.2, 0.25) is 0 Å². The van der Waals surface area contributed by atoms with E-state index in [1.807, 2.05) is 6.07 Å². The van der Waals surface area contributed by atoms with Crippen molar-refractivity contribution < 1.29 is 0 Å². The van der Waals surface area contributed by atoms with E-state index < -0.39 is 0 Å². The molecule has 0 aromatic heterocycles. The number of nitrogen functional groups attached to an aromatic ring is 1. The number of nitrogens with zero attached hydrogens (tertiary/aromatic N) is 1. The zero-order valence-electron chi connectivity index (χ0n) is 10.4. The molecule has 2 heteroatoms. The second kappa shape index (κ2) is 4.88. The van der Waals surface area contributed by atoms with Crippen LogP contribution in [0.15, 0.2) is 18.2 Å². The third kappa shape index (κ3) is 2.07. The van der Waals surface area contributed by atoms with Crippen LogP contribution in [0.3, 0.4) is 0 Å². The van der Waals surface area contributed by atoms with Crippen LogP contribution in [0.25, 0.3) is 0 Å². The van der Waals surface area contributed by atoms with Crippen LogP contribution in [0, 0.1) is 0 Å². The topological polar surface area (TPSA) is 29.3 Å². The summed E-state index contributed by atoms with van der Waals surface area (Å²) >= 11 is 0. The van der Waals surface area contributed by atoms with Crippen molar-refractivity contribution >= 4 is 5.69 Å². The van der Waals surface area contributed by atoms with Crippen molar-refractivity contribution in [3.8, 4) is 0 Å². The van der Waals surface area contributed by atoms with Gasteiger partial charge >= 0.3 is 0 Å². The van der Waals surface area contributed by atoms with Crippen molar-refractivity contribution in [3.05, 3.63) is 29.3 Å². The molecule has 2 nitrogen and oxygen atoms in total. The Morgan fingerprint density at radius 2 is 2.06 bits per heavy atom. The fourth-order valence-electron chi connectivity index (χ4n) is 2.84. The van der Waals surface area contributed by atoms with Crippen LogP contribution in [0.4, 0.5) is 5.69 Å². The fourth-order valence-corrected chi connectivity index (χ4v) is 2.84. The maximum atomic E-state index is 5.91. The van der Waals surface area contributed by atoms with Gasteiger partial charge in [0.25, 0.3) is 0 Å². The van der Waals surface area contributed by atoms with Gasteiger partial charge in [-0.2, -0.15) is 0 Å². The second-order valence-electron chi connectivity index (χ2n) is 4.59. The summed E-state index contributed by atoms with van der Waals surface area (Å²) in [6.07, 6.45) is 3.80. The second-order valence-corrected chi connectivity index (χ2v) is 4.59. The lowest BCUT2D eigenvalue weighted by Crippen LogP contribution is -2.31. The summed E-state index contributed by atoms with van der Waals surface area (Å²) < 4.78 is 0. The van der Waals surface area contributed by atoms with Crippen LogP contribution in [-0.4, -0.2) is 18.0 Å². The third-order valence-electron chi connectivity index (χ3n) is 3.71. The van der Waals surface area contributed by atoms with E-state index in [0.717, 1.165) is 18.8 Å². The molecule has 0 fully saturated rings. The van der Waals surface area contributed by atoms with E-state index in [1.54, 1.807) is 0 Å². The molecule has 0 heterocycles. The normalized spacial score (nSPS) is 19.8. The number of hydrogen-bond acceptors (Lipinski definition) is 2. The summed E-state index contributed by atoms with van der Waals surface area (Å²) in [7, 11) is 0. The maximum absolute atomic E-state index is 5.91. The molecule has 1 aromatic rings. The maximum Gasteiger partial charge on any atom is 0.0351 e. The van der Waals surface area contributed by atoms with Gasteiger partial charge in [-0.1, -0.05) is 19.9 Å². The molecule has 2 rings (SSSR count). The molecule has 0 bridgehead atoms. The molecule has 1 unspecified atom stereocenters. The highest BCUT2D eigenvalue weighted by Gasteiger charge is 2.24. The Balaban J connectivity index is 2.34. The summed E-state index contributed by atoms with van der Waals surface area (Å²) in [6.45, 7) is 6.72. The molecule has 16 heavy (non-hydrogen) atoms. The van der Waals surface area contributed by atoms with E-state index in [4.69, 9.17) is 5.73 Å². The molecule has 1 aliphatic carbocycles. The van der Waals surface area contributed by atoms with Gasteiger partial charge in [0.1, 0.15) is 0 Å². The van der Waals surface area contributed by atoms with Crippen molar-refractivity contribution in [1.82, 2.24) is 4.90 Å². The van der Waals surface area contributed by atoms with E-state index in [2.05, 4.69) is 30.9 Å². The molecule has 0 aliphatic heterocycles. The lowest BCUT2D eigenvalue weighted by molar-refractivity contribution is 0.198. The van der Waals surface area contributed by atoms with Crippen molar-refractivity contribution in [2.75, 3.05) is 18.8 Å². The molecule has 1 aliphatic rings. The smallest absolute Gasteiger partial charge is 0.0351 e. The Morgan fingerprint density at radius 3 is 2.75 bits per heavy atom. The van der Waals surface area contributed by atoms with E-state index in [0.29, 0.717) is 6.04 Å². The number of anilines is 1. The lowest BCUT2D eigenvalue weighted by atomic mass is 9.86. The Labute approximate surface area is 98.4 Å². The summed E-state index contributed by atoms with van der Waals surface area (Å²) in [5, 5.41) is 0. The number of aryl methyl sites for hydroxylation is 1. The quantitative estimate of drug-likeness (QED) is 0.790. The molecular weight excluding hydrogens is 196 g/mol. The highest BCUT2D eigenvalue weighted by atomic mass is 15.1. The first-order valence-corrected chi connectivity index (χ1v) is 6.38. The first-order chi connectivity index (χ1) is 7.76. The summed E-state index contributed by atoms with van der Waals surface area (Å²) in [5.74, 6) is 0. The molecule has 0 saturated heterocycles. The van der Waals surface area contributed by atoms with Gasteiger partial charge in [-0.3, -0.25) is 4.90 Å². The van der Waals surface area contributed by atoms with Crippen LogP contribution in [0.5, 0.6) is 0 Å². The predicted molar refractivity (Wildman–Crippen MR) is 69.5 cm³/mol. The van der Waals surface area contributed by atoms with Crippen LogP contribution in [0.2, 0.25) is 0 Å². The Kier molecular flexibility index (Phi) is 3.49. The molecule has 0 amide bonds. The van der Waals surface area contributed by atoms with Gasteiger partial charge in [0, 0.05) is 11.7 Å². The number of fused-ring (bicyclic) bond motifs is 1. The SMILES string of the molecule is CCN(CC)C1CCCc2ccc(N)cc21. The minimum atomic E-state index is 0.585. The van der Waals surface area contributed by atoms with Gasteiger partial charge in [0.05, 0.1) is 0 Å². The largest absolute Gasteiger partial charge is 0.399 e. The van der Waals surface area contributed by atoms with Crippen LogP contribution < -0.4 is 5.73 Å². The van der Waals surface area contributed by atoms with Crippen molar-refractivity contribution in [2.45, 2.75) is 39.2 Å². The number of benzene rings is 1. The highest BCUT2D eigenvalue weighted by molar-refractivity contribution is 5.46. The molecule has 2 N–H and O–H groups in total. The molecular formula is C14H22N2. The van der Waals surface area contributed by atoms with Gasteiger partial charge in [-0.15, -0.1) is 0 Å². The number of nitrogens with two attached hydrogens (primary N) is 1. The average molecular weight is 218 g/mol. The average Bonchev–Trinajstić information content (AvgIpc) is 2.31. The Hall–Kier alpha value is -1.02. The van der Waals surface area contributed by atoms with Crippen molar-refractivity contribution in [1.29, 1.82) is 0 Å². The Morgan fingerprint density at radius 1 is 1.31 bits per heavy atom. The molecule has 0 saturated carbocycles. The zero-order valence-corrected chi connectivity index (χ0v) is 10.4. The minimum absolute atomic E-state index is 0.585. The first-order valence-electron chi connectivity index (χ1n) is 6.38. The molecule has 0 spiro atoms. The monoisotopic (exact) mass is 218 g/mol. The van der Waals surface area contributed by atoms with Crippen LogP contribution in [0.1, 0.15) is 43.9 Å². The zero-order chi connectivity index (χ0) is 11.5. The summed E-state index contributed by atoms with van der Waals surface area (Å²) in [4.78, 5) is 2.54. The van der Waals surface area contributed by atoms with Gasteiger partial charge in [-0.05, 0) is 55.6 Å². The van der Waals surface area contributed by atoms with Crippen molar-refractivity contribution in [3.63, 3.8) is 0 Å². The number of rotatable bonds is 3. The highest BCUT2D eigenvalue weighted by Crippen LogP contribution is 2.35. The lowest BCUT2D eigenvalue weighted by Gasteiger charge is -2.34. The Bertz CT molecular complexity index is 356. The number of hydrogen-bond donors (Lipinski definition) is 1. The van der Waals surface area contributed by atoms with Crippen LogP contribution in [-0.2, 0) is 6.42 Å². The van der Waals surface area contributed by atoms with Gasteiger partial charge < -0.3 is 5.73 Å². The molecule has 0 radical (unpaired) electrons. The summed E-state index contributed by atoms with van der Waals surface area (Å²) in [6, 6.07) is 7.00. The van der Waals surface area contributed by atoms with E-state index in [1.165, 1.54) is 30.4 Å². The van der Waals surface area contributed by atoms with E-state index >= 15 is 0 Å². The minimum Gasteiger partial charge on any atom is -0.399 e.